The number of hydrogen-bond acceptors (Lipinski definition) is 3. The molecule has 0 saturated heterocycles. The summed E-state index contributed by atoms with van der Waals surface area (Å²) in [6, 6.07) is 6.45. The van der Waals surface area contributed by atoms with Crippen LogP contribution in [0, 0.1) is 0 Å². The third kappa shape index (κ3) is 3.80. The van der Waals surface area contributed by atoms with E-state index in [1.165, 1.54) is 26.0 Å². The van der Waals surface area contributed by atoms with Gasteiger partial charge in [0.05, 0.1) is 4.90 Å². The van der Waals surface area contributed by atoms with E-state index in [0.717, 1.165) is 5.56 Å². The Kier molecular flexibility index (Phi) is 4.31. The summed E-state index contributed by atoms with van der Waals surface area (Å²) in [6.07, 6.45) is 0. The van der Waals surface area contributed by atoms with Gasteiger partial charge in [-0.2, -0.15) is 4.72 Å². The summed E-state index contributed by atoms with van der Waals surface area (Å²) < 4.78 is 26.5. The molecule has 0 aliphatic heterocycles. The first-order chi connectivity index (χ1) is 8.86. The van der Waals surface area contributed by atoms with Crippen LogP contribution in [-0.2, 0) is 20.2 Å². The van der Waals surface area contributed by atoms with E-state index in [1.807, 2.05) is 20.8 Å². The molecule has 0 aromatic heterocycles. The SMILES string of the molecule is CC(C)(NS(=O)(=O)c1ccc(C(C)(C)C)cc1)C(=O)O. The molecule has 0 unspecified atom stereocenters. The normalized spacial score (nSPS) is 13.2. The lowest BCUT2D eigenvalue weighted by Crippen LogP contribution is -2.49. The van der Waals surface area contributed by atoms with Gasteiger partial charge in [0, 0.05) is 0 Å². The first kappa shape index (κ1) is 16.7. The maximum atomic E-state index is 12.1. The van der Waals surface area contributed by atoms with Crippen LogP contribution in [0.1, 0.15) is 40.2 Å². The highest BCUT2D eigenvalue weighted by atomic mass is 32.2. The van der Waals surface area contributed by atoms with E-state index in [2.05, 4.69) is 4.72 Å². The van der Waals surface area contributed by atoms with Crippen LogP contribution in [0.15, 0.2) is 29.2 Å². The van der Waals surface area contributed by atoms with Crippen molar-refractivity contribution in [1.29, 1.82) is 0 Å². The average Bonchev–Trinajstić information content (AvgIpc) is 2.26. The fourth-order valence-corrected chi connectivity index (χ4v) is 2.94. The Bertz CT molecular complexity index is 595. The van der Waals surface area contributed by atoms with Crippen molar-refractivity contribution in [2.75, 3.05) is 0 Å². The van der Waals surface area contributed by atoms with E-state index < -0.39 is 21.5 Å². The van der Waals surface area contributed by atoms with Gasteiger partial charge in [0.2, 0.25) is 10.0 Å². The predicted octanol–water partition coefficient (Wildman–Crippen LogP) is 2.13. The number of carbonyl (C=O) groups is 1. The van der Waals surface area contributed by atoms with Crippen LogP contribution in [0.4, 0.5) is 0 Å². The summed E-state index contributed by atoms with van der Waals surface area (Å²) in [7, 11) is -3.86. The maximum Gasteiger partial charge on any atom is 0.324 e. The van der Waals surface area contributed by atoms with Gasteiger partial charge in [0.15, 0.2) is 0 Å². The molecule has 1 rings (SSSR count). The van der Waals surface area contributed by atoms with E-state index in [1.54, 1.807) is 12.1 Å². The van der Waals surface area contributed by atoms with Crippen LogP contribution >= 0.6 is 0 Å². The lowest BCUT2D eigenvalue weighted by molar-refractivity contribution is -0.142. The number of sulfonamides is 1. The van der Waals surface area contributed by atoms with Gasteiger partial charge in [-0.25, -0.2) is 8.42 Å². The Balaban J connectivity index is 3.09. The summed E-state index contributed by atoms with van der Waals surface area (Å²) in [5.41, 5.74) is -0.619. The highest BCUT2D eigenvalue weighted by molar-refractivity contribution is 7.89. The van der Waals surface area contributed by atoms with Crippen molar-refractivity contribution >= 4 is 16.0 Å². The van der Waals surface area contributed by atoms with Gasteiger partial charge < -0.3 is 5.11 Å². The van der Waals surface area contributed by atoms with Crippen molar-refractivity contribution in [1.82, 2.24) is 4.72 Å². The van der Waals surface area contributed by atoms with Gasteiger partial charge >= 0.3 is 5.97 Å². The van der Waals surface area contributed by atoms with Crippen LogP contribution in [0.2, 0.25) is 0 Å². The minimum atomic E-state index is -3.86. The molecule has 0 spiro atoms. The summed E-state index contributed by atoms with van der Waals surface area (Å²) in [4.78, 5) is 11.0. The van der Waals surface area contributed by atoms with Gasteiger partial charge in [0.1, 0.15) is 5.54 Å². The third-order valence-electron chi connectivity index (χ3n) is 2.95. The minimum Gasteiger partial charge on any atom is -0.480 e. The van der Waals surface area contributed by atoms with Gasteiger partial charge in [0.25, 0.3) is 0 Å². The van der Waals surface area contributed by atoms with Crippen molar-refractivity contribution in [2.45, 2.75) is 50.5 Å². The quantitative estimate of drug-likeness (QED) is 0.892. The van der Waals surface area contributed by atoms with Gasteiger partial charge in [-0.3, -0.25) is 4.79 Å². The molecule has 6 heteroatoms. The molecule has 1 aromatic carbocycles. The Labute approximate surface area is 120 Å². The topological polar surface area (TPSA) is 83.5 Å². The second kappa shape index (κ2) is 5.18. The molecular formula is C14H21NO4S. The van der Waals surface area contributed by atoms with Gasteiger partial charge in [-0.15, -0.1) is 0 Å². The molecule has 0 bridgehead atoms. The molecular weight excluding hydrogens is 278 g/mol. The second-order valence-corrected chi connectivity index (χ2v) is 7.99. The second-order valence-electron chi connectivity index (χ2n) is 6.31. The molecule has 0 amide bonds. The van der Waals surface area contributed by atoms with Gasteiger partial charge in [-0.1, -0.05) is 32.9 Å². The molecule has 0 atom stereocenters. The lowest BCUT2D eigenvalue weighted by atomic mass is 9.87. The number of carboxylic acids is 1. The highest BCUT2D eigenvalue weighted by Gasteiger charge is 2.33. The first-order valence-corrected chi connectivity index (χ1v) is 7.72. The number of hydrogen-bond donors (Lipinski definition) is 2. The Morgan fingerprint density at radius 2 is 1.50 bits per heavy atom. The number of aliphatic carboxylic acids is 1. The predicted molar refractivity (Wildman–Crippen MR) is 77.2 cm³/mol. The van der Waals surface area contributed by atoms with Crippen molar-refractivity contribution in [3.63, 3.8) is 0 Å². The van der Waals surface area contributed by atoms with Crippen molar-refractivity contribution in [2.24, 2.45) is 0 Å². The molecule has 0 aliphatic carbocycles. The first-order valence-electron chi connectivity index (χ1n) is 6.24. The molecule has 0 heterocycles. The number of benzene rings is 1. The van der Waals surface area contributed by atoms with Crippen LogP contribution in [0.3, 0.4) is 0 Å². The molecule has 112 valence electrons. The molecule has 5 nitrogen and oxygen atoms in total. The smallest absolute Gasteiger partial charge is 0.324 e. The number of carboxylic acid groups (broad SMARTS) is 1. The fourth-order valence-electron chi connectivity index (χ4n) is 1.57. The Hall–Kier alpha value is -1.40. The Morgan fingerprint density at radius 3 is 1.85 bits per heavy atom. The zero-order chi connectivity index (χ0) is 15.8. The molecule has 2 N–H and O–H groups in total. The monoisotopic (exact) mass is 299 g/mol. The van der Waals surface area contributed by atoms with Crippen LogP contribution in [0.5, 0.6) is 0 Å². The maximum absolute atomic E-state index is 12.1. The van der Waals surface area contributed by atoms with Crippen molar-refractivity contribution in [3.8, 4) is 0 Å². The summed E-state index contributed by atoms with van der Waals surface area (Å²) in [5, 5.41) is 8.98. The van der Waals surface area contributed by atoms with E-state index in [4.69, 9.17) is 5.11 Å². The lowest BCUT2D eigenvalue weighted by Gasteiger charge is -2.22. The van der Waals surface area contributed by atoms with E-state index in [9.17, 15) is 13.2 Å². The Morgan fingerprint density at radius 1 is 1.05 bits per heavy atom. The van der Waals surface area contributed by atoms with Crippen molar-refractivity contribution < 1.29 is 18.3 Å². The number of nitrogens with one attached hydrogen (secondary N) is 1. The van der Waals surface area contributed by atoms with Crippen LogP contribution in [-0.4, -0.2) is 25.0 Å². The standard InChI is InChI=1S/C14H21NO4S/c1-13(2,3)10-6-8-11(9-7-10)20(18,19)15-14(4,5)12(16)17/h6-9,15H,1-5H3,(H,16,17). The van der Waals surface area contributed by atoms with Crippen molar-refractivity contribution in [3.05, 3.63) is 29.8 Å². The molecule has 0 saturated carbocycles. The van der Waals surface area contributed by atoms with Crippen LogP contribution < -0.4 is 4.72 Å². The molecule has 0 fully saturated rings. The average molecular weight is 299 g/mol. The summed E-state index contributed by atoms with van der Waals surface area (Å²) in [6.45, 7) is 8.69. The summed E-state index contributed by atoms with van der Waals surface area (Å²) in [5.74, 6) is -1.23. The molecule has 0 radical (unpaired) electrons. The van der Waals surface area contributed by atoms with E-state index in [-0.39, 0.29) is 10.3 Å². The molecule has 0 aliphatic rings. The minimum absolute atomic E-state index is 0.0554. The fraction of sp³-hybridized carbons (Fsp3) is 0.500. The summed E-state index contributed by atoms with van der Waals surface area (Å²) >= 11 is 0. The molecule has 1 aromatic rings. The highest BCUT2D eigenvalue weighted by Crippen LogP contribution is 2.23. The van der Waals surface area contributed by atoms with Gasteiger partial charge in [-0.05, 0) is 37.0 Å². The third-order valence-corrected chi connectivity index (χ3v) is 4.63. The largest absolute Gasteiger partial charge is 0.480 e. The van der Waals surface area contributed by atoms with E-state index >= 15 is 0 Å². The number of rotatable bonds is 4. The zero-order valence-corrected chi connectivity index (χ0v) is 13.2. The molecule has 20 heavy (non-hydrogen) atoms. The van der Waals surface area contributed by atoms with E-state index in [0.29, 0.717) is 0 Å². The van der Waals surface area contributed by atoms with Crippen LogP contribution in [0.25, 0.3) is 0 Å². The zero-order valence-electron chi connectivity index (χ0n) is 12.4.